The SMILES string of the molecule is NCc1c(-c2ccc(F)cc2Cl)ncn1Cc1ccccc1C(F)(F)F. The minimum Gasteiger partial charge on any atom is -0.328 e. The number of rotatable bonds is 4. The minimum atomic E-state index is -4.46. The van der Waals surface area contributed by atoms with Crippen molar-refractivity contribution in [1.29, 1.82) is 0 Å². The van der Waals surface area contributed by atoms with E-state index in [1.165, 1.54) is 30.6 Å². The second-order valence-electron chi connectivity index (χ2n) is 5.65. The first kappa shape index (κ1) is 18.4. The minimum absolute atomic E-state index is 0.0389. The number of benzene rings is 2. The number of imidazole rings is 1. The highest BCUT2D eigenvalue weighted by Gasteiger charge is 2.33. The molecule has 3 aromatic rings. The van der Waals surface area contributed by atoms with Gasteiger partial charge in [-0.25, -0.2) is 9.37 Å². The highest BCUT2D eigenvalue weighted by Crippen LogP contribution is 2.34. The van der Waals surface area contributed by atoms with Crippen LogP contribution < -0.4 is 5.73 Å². The highest BCUT2D eigenvalue weighted by atomic mass is 35.5. The summed E-state index contributed by atoms with van der Waals surface area (Å²) >= 11 is 6.07. The van der Waals surface area contributed by atoms with Gasteiger partial charge in [-0.15, -0.1) is 0 Å². The molecule has 1 aromatic heterocycles. The van der Waals surface area contributed by atoms with Gasteiger partial charge in [0.2, 0.25) is 0 Å². The third-order valence-electron chi connectivity index (χ3n) is 3.99. The van der Waals surface area contributed by atoms with Crippen molar-refractivity contribution in [3.8, 4) is 11.3 Å². The molecule has 0 aliphatic carbocycles. The van der Waals surface area contributed by atoms with Crippen LogP contribution in [0.2, 0.25) is 5.02 Å². The quantitative estimate of drug-likeness (QED) is 0.653. The lowest BCUT2D eigenvalue weighted by Crippen LogP contribution is -2.14. The topological polar surface area (TPSA) is 43.8 Å². The van der Waals surface area contributed by atoms with Crippen LogP contribution in [0.3, 0.4) is 0 Å². The van der Waals surface area contributed by atoms with Crippen molar-refractivity contribution in [2.24, 2.45) is 5.73 Å². The average molecular weight is 384 g/mol. The molecule has 0 radical (unpaired) electrons. The zero-order valence-corrected chi connectivity index (χ0v) is 14.2. The number of nitrogens with zero attached hydrogens (tertiary/aromatic N) is 2. The van der Waals surface area contributed by atoms with Crippen molar-refractivity contribution in [2.45, 2.75) is 19.3 Å². The number of alkyl halides is 3. The van der Waals surface area contributed by atoms with Crippen LogP contribution >= 0.6 is 11.6 Å². The monoisotopic (exact) mass is 383 g/mol. The number of hydrogen-bond donors (Lipinski definition) is 1. The van der Waals surface area contributed by atoms with Crippen LogP contribution in [0.25, 0.3) is 11.3 Å². The maximum Gasteiger partial charge on any atom is 0.416 e. The lowest BCUT2D eigenvalue weighted by Gasteiger charge is -2.14. The molecule has 3 rings (SSSR count). The second kappa shape index (κ2) is 7.09. The van der Waals surface area contributed by atoms with E-state index in [0.717, 1.165) is 12.1 Å². The molecule has 8 heteroatoms. The van der Waals surface area contributed by atoms with Crippen LogP contribution in [-0.2, 0) is 19.3 Å². The summed E-state index contributed by atoms with van der Waals surface area (Å²) in [6.07, 6.45) is -3.05. The van der Waals surface area contributed by atoms with E-state index in [0.29, 0.717) is 17.0 Å². The van der Waals surface area contributed by atoms with Gasteiger partial charge in [-0.2, -0.15) is 13.2 Å². The molecular weight excluding hydrogens is 370 g/mol. The Bertz CT molecular complexity index is 934. The fourth-order valence-electron chi connectivity index (χ4n) is 2.78. The zero-order valence-electron chi connectivity index (χ0n) is 13.4. The molecule has 0 unspecified atom stereocenters. The number of nitrogens with two attached hydrogens (primary N) is 1. The summed E-state index contributed by atoms with van der Waals surface area (Å²) in [7, 11) is 0. The van der Waals surface area contributed by atoms with E-state index in [4.69, 9.17) is 17.3 Å². The van der Waals surface area contributed by atoms with Gasteiger partial charge in [0.25, 0.3) is 0 Å². The molecule has 3 nitrogen and oxygen atoms in total. The Morgan fingerprint density at radius 3 is 2.50 bits per heavy atom. The van der Waals surface area contributed by atoms with E-state index in [-0.39, 0.29) is 23.7 Å². The molecule has 0 atom stereocenters. The Labute approximate surface area is 152 Å². The Hall–Kier alpha value is -2.38. The predicted octanol–water partition coefficient (Wildman–Crippen LogP) is 4.87. The lowest BCUT2D eigenvalue weighted by atomic mass is 10.1. The largest absolute Gasteiger partial charge is 0.416 e. The molecule has 0 amide bonds. The van der Waals surface area contributed by atoms with E-state index in [2.05, 4.69) is 4.98 Å². The van der Waals surface area contributed by atoms with Crippen molar-refractivity contribution in [3.63, 3.8) is 0 Å². The Morgan fingerprint density at radius 1 is 1.12 bits per heavy atom. The molecular formula is C18H14ClF4N3. The van der Waals surface area contributed by atoms with Crippen molar-refractivity contribution >= 4 is 11.6 Å². The van der Waals surface area contributed by atoms with E-state index >= 15 is 0 Å². The molecule has 0 aliphatic heterocycles. The molecule has 0 spiro atoms. The molecule has 0 saturated heterocycles. The first-order valence-corrected chi connectivity index (χ1v) is 8.03. The lowest BCUT2D eigenvalue weighted by molar-refractivity contribution is -0.138. The van der Waals surface area contributed by atoms with E-state index < -0.39 is 17.6 Å². The molecule has 0 saturated carbocycles. The fraction of sp³-hybridized carbons (Fsp3) is 0.167. The molecule has 0 aliphatic rings. The summed E-state index contributed by atoms with van der Waals surface area (Å²) in [6.45, 7) is -0.00868. The van der Waals surface area contributed by atoms with Gasteiger partial charge in [0.05, 0.1) is 28.3 Å². The summed E-state index contributed by atoms with van der Waals surface area (Å²) in [6, 6.07) is 9.18. The molecule has 0 fully saturated rings. The maximum atomic E-state index is 13.3. The summed E-state index contributed by atoms with van der Waals surface area (Å²) in [5.41, 5.74) is 6.58. The van der Waals surface area contributed by atoms with Crippen molar-refractivity contribution < 1.29 is 17.6 Å². The van der Waals surface area contributed by atoms with E-state index in [1.54, 1.807) is 10.6 Å². The van der Waals surface area contributed by atoms with Gasteiger partial charge in [0.1, 0.15) is 5.82 Å². The van der Waals surface area contributed by atoms with Crippen molar-refractivity contribution in [2.75, 3.05) is 0 Å². The summed E-state index contributed by atoms with van der Waals surface area (Å²) < 4.78 is 54.4. The number of halogens is 5. The van der Waals surface area contributed by atoms with Crippen LogP contribution in [0.4, 0.5) is 17.6 Å². The fourth-order valence-corrected chi connectivity index (χ4v) is 3.04. The van der Waals surface area contributed by atoms with Crippen LogP contribution in [0.15, 0.2) is 48.8 Å². The zero-order chi connectivity index (χ0) is 18.9. The van der Waals surface area contributed by atoms with E-state index in [9.17, 15) is 17.6 Å². The summed E-state index contributed by atoms with van der Waals surface area (Å²) in [4.78, 5) is 4.23. The predicted molar refractivity (Wildman–Crippen MR) is 91.1 cm³/mol. The molecule has 136 valence electrons. The van der Waals surface area contributed by atoms with Gasteiger partial charge in [-0.05, 0) is 29.8 Å². The summed E-state index contributed by atoms with van der Waals surface area (Å²) in [5, 5.41) is 0.153. The average Bonchev–Trinajstić information content (AvgIpc) is 2.96. The third kappa shape index (κ3) is 3.59. The first-order valence-electron chi connectivity index (χ1n) is 7.66. The standard InChI is InChI=1S/C18H14ClF4N3/c19-15-7-12(20)5-6-13(15)17-16(8-24)26(10-25-17)9-11-3-1-2-4-14(11)18(21,22)23/h1-7,10H,8-9,24H2. The van der Waals surface area contributed by atoms with Crippen LogP contribution in [0.1, 0.15) is 16.8 Å². The van der Waals surface area contributed by atoms with Gasteiger partial charge in [-0.3, -0.25) is 0 Å². The Morgan fingerprint density at radius 2 is 1.85 bits per heavy atom. The molecule has 1 heterocycles. The van der Waals surface area contributed by atoms with Crippen LogP contribution in [0, 0.1) is 5.82 Å². The normalized spacial score (nSPS) is 11.8. The highest BCUT2D eigenvalue weighted by molar-refractivity contribution is 6.33. The molecule has 0 bridgehead atoms. The van der Waals surface area contributed by atoms with Gasteiger partial charge in [0.15, 0.2) is 0 Å². The van der Waals surface area contributed by atoms with Crippen molar-refractivity contribution in [1.82, 2.24) is 9.55 Å². The summed E-state index contributed by atoms with van der Waals surface area (Å²) in [5.74, 6) is -0.494. The first-order chi connectivity index (χ1) is 12.3. The molecule has 2 N–H and O–H groups in total. The number of aromatic nitrogens is 2. The van der Waals surface area contributed by atoms with Crippen molar-refractivity contribution in [3.05, 3.63) is 76.5 Å². The Kier molecular flexibility index (Phi) is 5.02. The van der Waals surface area contributed by atoms with Gasteiger partial charge in [0, 0.05) is 18.7 Å². The second-order valence-corrected chi connectivity index (χ2v) is 6.06. The van der Waals surface area contributed by atoms with E-state index in [1.807, 2.05) is 0 Å². The van der Waals surface area contributed by atoms with Gasteiger partial charge < -0.3 is 10.3 Å². The van der Waals surface area contributed by atoms with Crippen LogP contribution in [-0.4, -0.2) is 9.55 Å². The third-order valence-corrected chi connectivity index (χ3v) is 4.30. The number of hydrogen-bond acceptors (Lipinski definition) is 2. The Balaban J connectivity index is 2.03. The molecule has 26 heavy (non-hydrogen) atoms. The van der Waals surface area contributed by atoms with Gasteiger partial charge >= 0.3 is 6.18 Å². The molecule has 2 aromatic carbocycles. The smallest absolute Gasteiger partial charge is 0.328 e. The van der Waals surface area contributed by atoms with Crippen LogP contribution in [0.5, 0.6) is 0 Å². The van der Waals surface area contributed by atoms with Gasteiger partial charge in [-0.1, -0.05) is 29.8 Å². The maximum absolute atomic E-state index is 13.3.